The second-order valence-corrected chi connectivity index (χ2v) is 7.46. The van der Waals surface area contributed by atoms with Crippen molar-refractivity contribution >= 4 is 22.7 Å². The van der Waals surface area contributed by atoms with Crippen molar-refractivity contribution in [3.8, 4) is 0 Å². The van der Waals surface area contributed by atoms with E-state index in [2.05, 4.69) is 0 Å². The van der Waals surface area contributed by atoms with E-state index in [4.69, 9.17) is 9.72 Å². The molecule has 2 aliphatic rings. The zero-order valence-electron chi connectivity index (χ0n) is 13.2. The van der Waals surface area contributed by atoms with Crippen LogP contribution in [0.4, 0.5) is 0 Å². The minimum absolute atomic E-state index is 0.123. The van der Waals surface area contributed by atoms with Crippen LogP contribution < -0.4 is 5.56 Å². The molecule has 1 atom stereocenters. The molecule has 1 aliphatic heterocycles. The van der Waals surface area contributed by atoms with Gasteiger partial charge in [-0.1, -0.05) is 36.7 Å². The molecule has 2 aromatic rings. The molecule has 0 amide bonds. The summed E-state index contributed by atoms with van der Waals surface area (Å²) in [5, 5.41) is 1.61. The first kappa shape index (κ1) is 15.2. The first-order valence-electron chi connectivity index (χ1n) is 8.58. The Kier molecular flexibility index (Phi) is 4.40. The Bertz CT molecular complexity index is 746. The smallest absolute Gasteiger partial charge is 0.262 e. The van der Waals surface area contributed by atoms with E-state index in [1.54, 1.807) is 11.8 Å². The average Bonchev–Trinajstić information content (AvgIpc) is 3.27. The Labute approximate surface area is 140 Å². The molecule has 1 saturated heterocycles. The topological polar surface area (TPSA) is 44.1 Å². The van der Waals surface area contributed by atoms with Crippen LogP contribution in [0.1, 0.15) is 44.6 Å². The monoisotopic (exact) mass is 330 g/mol. The maximum absolute atomic E-state index is 13.0. The predicted octanol–water partition coefficient (Wildman–Crippen LogP) is 3.78. The van der Waals surface area contributed by atoms with Gasteiger partial charge in [-0.05, 0) is 37.8 Å². The van der Waals surface area contributed by atoms with Crippen LogP contribution in [-0.2, 0) is 4.74 Å². The van der Waals surface area contributed by atoms with Gasteiger partial charge in [-0.3, -0.25) is 9.36 Å². The number of hydrogen-bond acceptors (Lipinski definition) is 4. The molecule has 1 saturated carbocycles. The van der Waals surface area contributed by atoms with E-state index < -0.39 is 0 Å². The molecule has 0 radical (unpaired) electrons. The summed E-state index contributed by atoms with van der Waals surface area (Å²) >= 11 is 1.69. The van der Waals surface area contributed by atoms with Gasteiger partial charge in [-0.15, -0.1) is 0 Å². The number of benzene rings is 1. The van der Waals surface area contributed by atoms with Crippen molar-refractivity contribution in [1.29, 1.82) is 0 Å². The Morgan fingerprint density at radius 2 is 2.00 bits per heavy atom. The van der Waals surface area contributed by atoms with Gasteiger partial charge in [0.2, 0.25) is 0 Å². The lowest BCUT2D eigenvalue weighted by molar-refractivity contribution is 0.129. The van der Waals surface area contributed by atoms with Crippen molar-refractivity contribution in [2.45, 2.75) is 55.8 Å². The van der Waals surface area contributed by atoms with Crippen LogP contribution in [0.15, 0.2) is 34.2 Å². The molecule has 0 spiro atoms. The van der Waals surface area contributed by atoms with E-state index >= 15 is 0 Å². The number of fused-ring (bicyclic) bond motifs is 1. The lowest BCUT2D eigenvalue weighted by atomic mass is 10.2. The van der Waals surface area contributed by atoms with Gasteiger partial charge in [-0.25, -0.2) is 4.98 Å². The normalized spacial score (nSPS) is 22.2. The van der Waals surface area contributed by atoms with Gasteiger partial charge >= 0.3 is 0 Å². The second-order valence-electron chi connectivity index (χ2n) is 6.47. The molecular weight excluding hydrogens is 308 g/mol. The fourth-order valence-corrected chi connectivity index (χ4v) is 4.79. The van der Waals surface area contributed by atoms with Crippen LogP contribution in [0.3, 0.4) is 0 Å². The van der Waals surface area contributed by atoms with Crippen molar-refractivity contribution < 1.29 is 4.74 Å². The fourth-order valence-electron chi connectivity index (χ4n) is 3.66. The molecule has 2 fully saturated rings. The van der Waals surface area contributed by atoms with E-state index in [0.717, 1.165) is 54.1 Å². The number of para-hydroxylation sites is 1. The molecule has 0 bridgehead atoms. The van der Waals surface area contributed by atoms with Crippen molar-refractivity contribution in [2.24, 2.45) is 0 Å². The van der Waals surface area contributed by atoms with Crippen molar-refractivity contribution in [1.82, 2.24) is 9.55 Å². The van der Waals surface area contributed by atoms with Gasteiger partial charge in [-0.2, -0.15) is 0 Å². The maximum Gasteiger partial charge on any atom is 0.262 e. The summed E-state index contributed by atoms with van der Waals surface area (Å²) in [5.41, 5.74) is 0.930. The standard InChI is InChI=1S/C18H22N2O2S/c21-17-15-9-3-4-10-16(15)19-18(20(17)13-6-1-2-7-13)23-12-14-8-5-11-22-14/h3-4,9-10,13-14H,1-2,5-8,11-12H2/t14-/m0/s1. The Hall–Kier alpha value is -1.33. The largest absolute Gasteiger partial charge is 0.377 e. The summed E-state index contributed by atoms with van der Waals surface area (Å²) in [4.78, 5) is 17.8. The Morgan fingerprint density at radius 3 is 2.78 bits per heavy atom. The molecule has 0 N–H and O–H groups in total. The second kappa shape index (κ2) is 6.65. The minimum Gasteiger partial charge on any atom is -0.377 e. The van der Waals surface area contributed by atoms with Gasteiger partial charge < -0.3 is 4.74 Å². The molecule has 1 aliphatic carbocycles. The van der Waals surface area contributed by atoms with Gasteiger partial charge in [0.15, 0.2) is 5.16 Å². The van der Waals surface area contributed by atoms with E-state index in [0.29, 0.717) is 12.1 Å². The molecule has 122 valence electrons. The highest BCUT2D eigenvalue weighted by Gasteiger charge is 2.24. The number of hydrogen-bond donors (Lipinski definition) is 0. The van der Waals surface area contributed by atoms with Crippen LogP contribution >= 0.6 is 11.8 Å². The Morgan fingerprint density at radius 1 is 1.17 bits per heavy atom. The van der Waals surface area contributed by atoms with Gasteiger partial charge in [0.1, 0.15) is 0 Å². The zero-order valence-corrected chi connectivity index (χ0v) is 14.1. The highest BCUT2D eigenvalue weighted by atomic mass is 32.2. The highest BCUT2D eigenvalue weighted by Crippen LogP contribution is 2.32. The SMILES string of the molecule is O=c1c2ccccc2nc(SC[C@@H]2CCCO2)n1C1CCCC1. The quantitative estimate of drug-likeness (QED) is 0.632. The zero-order chi connectivity index (χ0) is 15.6. The first-order chi connectivity index (χ1) is 11.3. The number of nitrogens with zero attached hydrogens (tertiary/aromatic N) is 2. The molecule has 4 nitrogen and oxygen atoms in total. The van der Waals surface area contributed by atoms with Crippen LogP contribution in [0.2, 0.25) is 0 Å². The van der Waals surface area contributed by atoms with Crippen LogP contribution in [-0.4, -0.2) is 28.0 Å². The van der Waals surface area contributed by atoms with Crippen molar-refractivity contribution in [2.75, 3.05) is 12.4 Å². The third kappa shape index (κ3) is 3.04. The number of aromatic nitrogens is 2. The molecule has 1 aromatic heterocycles. The molecule has 5 heteroatoms. The van der Waals surface area contributed by atoms with E-state index in [1.807, 2.05) is 28.8 Å². The molecular formula is C18H22N2O2S. The highest BCUT2D eigenvalue weighted by molar-refractivity contribution is 7.99. The third-order valence-electron chi connectivity index (χ3n) is 4.89. The lowest BCUT2D eigenvalue weighted by Crippen LogP contribution is -2.27. The van der Waals surface area contributed by atoms with E-state index in [9.17, 15) is 4.79 Å². The number of rotatable bonds is 4. The molecule has 4 rings (SSSR count). The van der Waals surface area contributed by atoms with Crippen LogP contribution in [0.5, 0.6) is 0 Å². The van der Waals surface area contributed by atoms with Gasteiger partial charge in [0.25, 0.3) is 5.56 Å². The fraction of sp³-hybridized carbons (Fsp3) is 0.556. The summed E-state index contributed by atoms with van der Waals surface area (Å²) in [5.74, 6) is 0.886. The average molecular weight is 330 g/mol. The van der Waals surface area contributed by atoms with Crippen LogP contribution in [0, 0.1) is 0 Å². The molecule has 0 unspecified atom stereocenters. The van der Waals surface area contributed by atoms with E-state index in [1.165, 1.54) is 12.8 Å². The van der Waals surface area contributed by atoms with Crippen molar-refractivity contribution in [3.63, 3.8) is 0 Å². The minimum atomic E-state index is 0.123. The summed E-state index contributed by atoms with van der Waals surface area (Å²) in [7, 11) is 0. The molecule has 1 aromatic carbocycles. The predicted molar refractivity (Wildman–Crippen MR) is 93.2 cm³/mol. The lowest BCUT2D eigenvalue weighted by Gasteiger charge is -2.19. The summed E-state index contributed by atoms with van der Waals surface area (Å²) in [6, 6.07) is 8.01. The van der Waals surface area contributed by atoms with Crippen molar-refractivity contribution in [3.05, 3.63) is 34.6 Å². The Balaban J connectivity index is 1.73. The van der Waals surface area contributed by atoms with Gasteiger partial charge in [0, 0.05) is 18.4 Å². The third-order valence-corrected chi connectivity index (χ3v) is 5.97. The number of thioether (sulfide) groups is 1. The maximum atomic E-state index is 13.0. The summed E-state index contributed by atoms with van der Waals surface area (Å²) in [6.07, 6.45) is 7.17. The molecule has 2 heterocycles. The van der Waals surface area contributed by atoms with Gasteiger partial charge in [0.05, 0.1) is 17.0 Å². The first-order valence-corrected chi connectivity index (χ1v) is 9.57. The van der Waals surface area contributed by atoms with Crippen LogP contribution in [0.25, 0.3) is 10.9 Å². The molecule has 23 heavy (non-hydrogen) atoms. The summed E-state index contributed by atoms with van der Waals surface area (Å²) in [6.45, 7) is 0.867. The van der Waals surface area contributed by atoms with E-state index in [-0.39, 0.29) is 5.56 Å². The number of ether oxygens (including phenoxy) is 1. The summed E-state index contributed by atoms with van der Waals surface area (Å²) < 4.78 is 7.69.